The quantitative estimate of drug-likeness (QED) is 0.842. The lowest BCUT2D eigenvalue weighted by Gasteiger charge is -2.31. The summed E-state index contributed by atoms with van der Waals surface area (Å²) in [6.07, 6.45) is 5.91. The van der Waals surface area contributed by atoms with Crippen LogP contribution in [-0.2, 0) is 0 Å². The highest BCUT2D eigenvalue weighted by Gasteiger charge is 2.25. The van der Waals surface area contributed by atoms with Gasteiger partial charge in [0.05, 0.1) is 5.02 Å². The number of alkyl halides is 1. The first kappa shape index (κ1) is 12.9. The molecule has 0 bridgehead atoms. The smallest absolute Gasteiger partial charge is 0.166 e. The van der Waals surface area contributed by atoms with Gasteiger partial charge >= 0.3 is 0 Å². The van der Waals surface area contributed by atoms with Gasteiger partial charge in [0, 0.05) is 18.1 Å². The first-order chi connectivity index (χ1) is 8.20. The molecular formula is C12H15Cl2FN2. The Morgan fingerprint density at radius 2 is 2.18 bits per heavy atom. The molecule has 1 fully saturated rings. The van der Waals surface area contributed by atoms with Crippen LogP contribution < -0.4 is 5.32 Å². The summed E-state index contributed by atoms with van der Waals surface area (Å²) >= 11 is 11.6. The normalized spacial score (nSPS) is 24.6. The largest absolute Gasteiger partial charge is 0.365 e. The highest BCUT2D eigenvalue weighted by atomic mass is 35.5. The molecule has 1 aliphatic carbocycles. The van der Waals surface area contributed by atoms with Gasteiger partial charge in [-0.2, -0.15) is 0 Å². The number of aromatic nitrogens is 1. The third-order valence-electron chi connectivity index (χ3n) is 3.24. The molecule has 0 radical (unpaired) electrons. The van der Waals surface area contributed by atoms with Crippen LogP contribution in [0.1, 0.15) is 25.7 Å². The van der Waals surface area contributed by atoms with Gasteiger partial charge in [-0.3, -0.25) is 0 Å². The Balaban J connectivity index is 2.08. The van der Waals surface area contributed by atoms with Crippen molar-refractivity contribution in [3.05, 3.63) is 23.1 Å². The van der Waals surface area contributed by atoms with Crippen LogP contribution in [0.25, 0.3) is 0 Å². The van der Waals surface area contributed by atoms with Crippen LogP contribution in [0, 0.1) is 11.7 Å². The molecule has 2 nitrogen and oxygen atoms in total. The Labute approximate surface area is 111 Å². The van der Waals surface area contributed by atoms with Crippen LogP contribution in [0.5, 0.6) is 0 Å². The highest BCUT2D eigenvalue weighted by Crippen LogP contribution is 2.28. The minimum absolute atomic E-state index is 0.212. The molecular weight excluding hydrogens is 262 g/mol. The predicted octanol–water partition coefficient (Wildman–Crippen LogP) is 4.08. The molecule has 0 aliphatic heterocycles. The molecule has 1 aromatic heterocycles. The van der Waals surface area contributed by atoms with Crippen LogP contribution in [0.15, 0.2) is 12.3 Å². The maximum Gasteiger partial charge on any atom is 0.166 e. The monoisotopic (exact) mass is 276 g/mol. The maximum absolute atomic E-state index is 13.6. The van der Waals surface area contributed by atoms with E-state index in [1.165, 1.54) is 18.7 Å². The molecule has 94 valence electrons. The summed E-state index contributed by atoms with van der Waals surface area (Å²) in [5, 5.41) is 3.46. The van der Waals surface area contributed by atoms with Crippen molar-refractivity contribution >= 4 is 29.0 Å². The number of nitrogens with zero attached hydrogens (tertiary/aromatic N) is 1. The van der Waals surface area contributed by atoms with E-state index in [9.17, 15) is 4.39 Å². The Bertz CT molecular complexity index is 387. The van der Waals surface area contributed by atoms with Gasteiger partial charge in [0.15, 0.2) is 11.6 Å². The number of hydrogen-bond donors (Lipinski definition) is 1. The lowest BCUT2D eigenvalue weighted by molar-refractivity contribution is 0.351. The summed E-state index contributed by atoms with van der Waals surface area (Å²) in [7, 11) is 0. The van der Waals surface area contributed by atoms with Gasteiger partial charge in [0.25, 0.3) is 0 Å². The second-order valence-electron chi connectivity index (χ2n) is 4.43. The molecule has 0 saturated heterocycles. The van der Waals surface area contributed by atoms with Crippen molar-refractivity contribution in [3.63, 3.8) is 0 Å². The van der Waals surface area contributed by atoms with E-state index in [1.807, 2.05) is 0 Å². The molecule has 2 rings (SSSR count). The third kappa shape index (κ3) is 3.23. The minimum Gasteiger partial charge on any atom is -0.365 e. The molecule has 1 aromatic rings. The zero-order valence-electron chi connectivity index (χ0n) is 9.43. The molecule has 1 N–H and O–H groups in total. The van der Waals surface area contributed by atoms with E-state index in [1.54, 1.807) is 0 Å². The number of anilines is 1. The van der Waals surface area contributed by atoms with Gasteiger partial charge < -0.3 is 5.32 Å². The number of pyridine rings is 1. The van der Waals surface area contributed by atoms with E-state index in [2.05, 4.69) is 10.3 Å². The van der Waals surface area contributed by atoms with Gasteiger partial charge in [-0.25, -0.2) is 9.37 Å². The van der Waals surface area contributed by atoms with E-state index in [0.717, 1.165) is 19.3 Å². The first-order valence-electron chi connectivity index (χ1n) is 5.84. The molecule has 0 amide bonds. The number of rotatable bonds is 3. The molecule has 1 heterocycles. The lowest BCUT2D eigenvalue weighted by atomic mass is 9.86. The Morgan fingerprint density at radius 3 is 2.88 bits per heavy atom. The van der Waals surface area contributed by atoms with E-state index >= 15 is 0 Å². The topological polar surface area (TPSA) is 24.9 Å². The average Bonchev–Trinajstić information content (AvgIpc) is 2.33. The Hall–Kier alpha value is -0.540. The number of nitrogens with one attached hydrogen (secondary N) is 1. The third-order valence-corrected chi connectivity index (χ3v) is 3.84. The van der Waals surface area contributed by atoms with Crippen LogP contribution >= 0.6 is 23.2 Å². The van der Waals surface area contributed by atoms with Crippen molar-refractivity contribution in [1.29, 1.82) is 0 Å². The van der Waals surface area contributed by atoms with Crippen LogP contribution in [-0.4, -0.2) is 16.9 Å². The van der Waals surface area contributed by atoms with Crippen LogP contribution in [0.3, 0.4) is 0 Å². The summed E-state index contributed by atoms with van der Waals surface area (Å²) < 4.78 is 13.6. The first-order valence-corrected chi connectivity index (χ1v) is 6.75. The summed E-state index contributed by atoms with van der Waals surface area (Å²) in [6.45, 7) is 0. The Kier molecular flexibility index (Phi) is 4.46. The average molecular weight is 277 g/mol. The second kappa shape index (κ2) is 5.87. The fraction of sp³-hybridized carbons (Fsp3) is 0.583. The summed E-state index contributed by atoms with van der Waals surface area (Å²) in [6, 6.07) is 1.49. The molecule has 2 unspecified atom stereocenters. The van der Waals surface area contributed by atoms with Gasteiger partial charge in [0.1, 0.15) is 0 Å². The van der Waals surface area contributed by atoms with Gasteiger partial charge in [-0.15, -0.1) is 11.6 Å². The standard InChI is InChI=1S/C12H15Cl2FN2/c13-6-8-3-1-2-4-11(8)17-12-10(15)5-9(14)7-16-12/h5,7-8,11H,1-4,6H2,(H,16,17). The highest BCUT2D eigenvalue weighted by molar-refractivity contribution is 6.30. The Morgan fingerprint density at radius 1 is 1.41 bits per heavy atom. The predicted molar refractivity (Wildman–Crippen MR) is 69.3 cm³/mol. The van der Waals surface area contributed by atoms with Crippen LogP contribution in [0.4, 0.5) is 10.2 Å². The minimum atomic E-state index is -0.406. The van der Waals surface area contributed by atoms with Crippen molar-refractivity contribution in [2.24, 2.45) is 5.92 Å². The summed E-state index contributed by atoms with van der Waals surface area (Å²) in [5.74, 6) is 0.863. The maximum atomic E-state index is 13.6. The molecule has 2 atom stereocenters. The van der Waals surface area contributed by atoms with Gasteiger partial charge in [0.2, 0.25) is 0 Å². The van der Waals surface area contributed by atoms with Crippen LogP contribution in [0.2, 0.25) is 5.02 Å². The molecule has 5 heteroatoms. The zero-order valence-corrected chi connectivity index (χ0v) is 10.9. The van der Waals surface area contributed by atoms with E-state index in [4.69, 9.17) is 23.2 Å². The fourth-order valence-electron chi connectivity index (χ4n) is 2.28. The van der Waals surface area contributed by atoms with Crippen molar-refractivity contribution in [2.45, 2.75) is 31.7 Å². The molecule has 0 spiro atoms. The van der Waals surface area contributed by atoms with Crippen molar-refractivity contribution in [3.8, 4) is 0 Å². The summed E-state index contributed by atoms with van der Waals surface area (Å²) in [5.41, 5.74) is 0. The fourth-order valence-corrected chi connectivity index (χ4v) is 2.79. The SMILES string of the molecule is Fc1cc(Cl)cnc1NC1CCCCC1CCl. The van der Waals surface area contributed by atoms with Crippen molar-refractivity contribution < 1.29 is 4.39 Å². The number of halogens is 3. The van der Waals surface area contributed by atoms with Crippen molar-refractivity contribution in [2.75, 3.05) is 11.2 Å². The lowest BCUT2D eigenvalue weighted by Crippen LogP contribution is -2.33. The zero-order chi connectivity index (χ0) is 12.3. The number of hydrogen-bond acceptors (Lipinski definition) is 2. The van der Waals surface area contributed by atoms with Gasteiger partial charge in [-0.05, 0) is 24.8 Å². The van der Waals surface area contributed by atoms with Gasteiger partial charge in [-0.1, -0.05) is 24.4 Å². The van der Waals surface area contributed by atoms with E-state index in [-0.39, 0.29) is 11.9 Å². The summed E-state index contributed by atoms with van der Waals surface area (Å²) in [4.78, 5) is 3.98. The van der Waals surface area contributed by atoms with E-state index in [0.29, 0.717) is 16.8 Å². The molecule has 17 heavy (non-hydrogen) atoms. The molecule has 1 aliphatic rings. The van der Waals surface area contributed by atoms with Crippen molar-refractivity contribution in [1.82, 2.24) is 4.98 Å². The van der Waals surface area contributed by atoms with E-state index < -0.39 is 5.82 Å². The molecule has 0 aromatic carbocycles. The second-order valence-corrected chi connectivity index (χ2v) is 5.18. The molecule has 1 saturated carbocycles.